The molecule has 0 atom stereocenters. The molecule has 1 fully saturated rings. The number of carbonyl (C=O) groups is 1. The molecule has 2 rings (SSSR count). The average Bonchev–Trinajstić information content (AvgIpc) is 2.46. The van der Waals surface area contributed by atoms with Crippen LogP contribution in [-0.2, 0) is 9.53 Å². The van der Waals surface area contributed by atoms with E-state index in [1.165, 1.54) is 12.3 Å². The Morgan fingerprint density at radius 2 is 2.00 bits per heavy atom. The summed E-state index contributed by atoms with van der Waals surface area (Å²) in [7, 11) is 0. The Morgan fingerprint density at radius 3 is 2.45 bits per heavy atom. The molecule has 22 heavy (non-hydrogen) atoms. The van der Waals surface area contributed by atoms with E-state index in [9.17, 15) is 14.9 Å². The number of rotatable bonds is 3. The smallest absolute Gasteiger partial charge is 0.309 e. The van der Waals surface area contributed by atoms with Gasteiger partial charge in [-0.15, -0.1) is 0 Å². The quantitative estimate of drug-likeness (QED) is 0.484. The van der Waals surface area contributed by atoms with Gasteiger partial charge in [-0.3, -0.25) is 14.9 Å². The van der Waals surface area contributed by atoms with Gasteiger partial charge < -0.3 is 9.64 Å². The first kappa shape index (κ1) is 16.2. The summed E-state index contributed by atoms with van der Waals surface area (Å²) in [5, 5.41) is 10.6. The Labute approximate surface area is 129 Å². The van der Waals surface area contributed by atoms with E-state index in [2.05, 4.69) is 4.98 Å². The summed E-state index contributed by atoms with van der Waals surface area (Å²) in [4.78, 5) is 28.4. The monoisotopic (exact) mass is 307 g/mol. The number of pyridine rings is 1. The van der Waals surface area contributed by atoms with Crippen molar-refractivity contribution in [2.75, 3.05) is 18.0 Å². The Bertz CT molecular complexity index is 543. The summed E-state index contributed by atoms with van der Waals surface area (Å²) in [6.07, 6.45) is 2.66. The lowest BCUT2D eigenvalue weighted by atomic mass is 9.96. The third kappa shape index (κ3) is 4.16. The second-order valence-corrected chi connectivity index (χ2v) is 6.43. The van der Waals surface area contributed by atoms with E-state index in [0.29, 0.717) is 31.7 Å². The summed E-state index contributed by atoms with van der Waals surface area (Å²) in [5.74, 6) is 0.463. The number of anilines is 1. The van der Waals surface area contributed by atoms with Crippen LogP contribution in [-0.4, -0.2) is 34.6 Å². The largest absolute Gasteiger partial charge is 0.460 e. The molecular formula is C15H21N3O4. The highest BCUT2D eigenvalue weighted by molar-refractivity contribution is 5.73. The predicted octanol–water partition coefficient (Wildman–Crippen LogP) is 2.55. The molecule has 0 N–H and O–H groups in total. The molecule has 1 aliphatic rings. The second-order valence-electron chi connectivity index (χ2n) is 6.43. The molecule has 1 aliphatic heterocycles. The van der Waals surface area contributed by atoms with E-state index in [-0.39, 0.29) is 17.6 Å². The molecule has 0 spiro atoms. The van der Waals surface area contributed by atoms with Crippen LogP contribution in [0.15, 0.2) is 18.3 Å². The van der Waals surface area contributed by atoms with Crippen molar-refractivity contribution in [1.29, 1.82) is 0 Å². The van der Waals surface area contributed by atoms with Gasteiger partial charge in [0.1, 0.15) is 17.6 Å². The van der Waals surface area contributed by atoms with Crippen molar-refractivity contribution in [2.24, 2.45) is 5.92 Å². The number of carbonyl (C=O) groups excluding carboxylic acids is 1. The molecule has 0 bridgehead atoms. The van der Waals surface area contributed by atoms with Crippen molar-refractivity contribution in [2.45, 2.75) is 39.2 Å². The van der Waals surface area contributed by atoms with Gasteiger partial charge in [0.15, 0.2) is 0 Å². The van der Waals surface area contributed by atoms with Crippen LogP contribution in [0.1, 0.15) is 33.6 Å². The van der Waals surface area contributed by atoms with Crippen LogP contribution >= 0.6 is 0 Å². The molecular weight excluding hydrogens is 286 g/mol. The molecule has 0 aromatic carbocycles. The zero-order valence-corrected chi connectivity index (χ0v) is 13.1. The van der Waals surface area contributed by atoms with E-state index < -0.39 is 10.5 Å². The molecule has 1 saturated heterocycles. The van der Waals surface area contributed by atoms with Gasteiger partial charge in [-0.1, -0.05) is 0 Å². The lowest BCUT2D eigenvalue weighted by Gasteiger charge is -2.33. The van der Waals surface area contributed by atoms with Crippen molar-refractivity contribution in [1.82, 2.24) is 4.98 Å². The number of piperidine rings is 1. The molecule has 1 aromatic rings. The van der Waals surface area contributed by atoms with Crippen LogP contribution in [0.5, 0.6) is 0 Å². The van der Waals surface area contributed by atoms with Gasteiger partial charge in [0.25, 0.3) is 5.69 Å². The third-order valence-corrected chi connectivity index (χ3v) is 3.50. The maximum atomic E-state index is 12.0. The molecule has 120 valence electrons. The highest BCUT2D eigenvalue weighted by atomic mass is 16.6. The fourth-order valence-corrected chi connectivity index (χ4v) is 2.40. The van der Waals surface area contributed by atoms with Crippen LogP contribution in [0.4, 0.5) is 11.5 Å². The first-order valence-corrected chi connectivity index (χ1v) is 7.34. The van der Waals surface area contributed by atoms with E-state index >= 15 is 0 Å². The van der Waals surface area contributed by atoms with Crippen LogP contribution in [0, 0.1) is 16.0 Å². The zero-order valence-electron chi connectivity index (χ0n) is 13.1. The maximum absolute atomic E-state index is 12.0. The van der Waals surface area contributed by atoms with Crippen LogP contribution in [0.2, 0.25) is 0 Å². The average molecular weight is 307 g/mol. The van der Waals surface area contributed by atoms with Crippen molar-refractivity contribution >= 4 is 17.5 Å². The molecule has 0 amide bonds. The zero-order chi connectivity index (χ0) is 16.3. The van der Waals surface area contributed by atoms with Crippen LogP contribution in [0.25, 0.3) is 0 Å². The van der Waals surface area contributed by atoms with Gasteiger partial charge in [0, 0.05) is 19.2 Å². The first-order valence-electron chi connectivity index (χ1n) is 7.34. The predicted molar refractivity (Wildman–Crippen MR) is 81.7 cm³/mol. The molecule has 7 nitrogen and oxygen atoms in total. The van der Waals surface area contributed by atoms with Crippen molar-refractivity contribution in [3.8, 4) is 0 Å². The Hall–Kier alpha value is -2.18. The van der Waals surface area contributed by atoms with Gasteiger partial charge in [0.05, 0.1) is 10.8 Å². The topological polar surface area (TPSA) is 85.6 Å². The standard InChI is InChI=1S/C15H21N3O4/c1-15(2,3)22-14(19)11-6-8-17(9-7-11)13-5-4-12(10-16-13)18(20)21/h4-5,10-11H,6-9H2,1-3H3. The van der Waals surface area contributed by atoms with Gasteiger partial charge in [-0.25, -0.2) is 4.98 Å². The fourth-order valence-electron chi connectivity index (χ4n) is 2.40. The highest BCUT2D eigenvalue weighted by Crippen LogP contribution is 2.25. The highest BCUT2D eigenvalue weighted by Gasteiger charge is 2.29. The molecule has 7 heteroatoms. The number of nitrogens with zero attached hydrogens (tertiary/aromatic N) is 3. The van der Waals surface area contributed by atoms with E-state index in [4.69, 9.17) is 4.74 Å². The summed E-state index contributed by atoms with van der Waals surface area (Å²) in [5.41, 5.74) is -0.485. The second kappa shape index (κ2) is 6.29. The third-order valence-electron chi connectivity index (χ3n) is 3.50. The fraction of sp³-hybridized carbons (Fsp3) is 0.600. The minimum atomic E-state index is -0.467. The summed E-state index contributed by atoms with van der Waals surface area (Å²) < 4.78 is 5.41. The molecule has 0 radical (unpaired) electrons. The Morgan fingerprint density at radius 1 is 1.36 bits per heavy atom. The Kier molecular flexibility index (Phi) is 4.63. The van der Waals surface area contributed by atoms with Crippen LogP contribution < -0.4 is 4.90 Å². The minimum Gasteiger partial charge on any atom is -0.460 e. The summed E-state index contributed by atoms with van der Waals surface area (Å²) in [6.45, 7) is 6.96. The van der Waals surface area contributed by atoms with Crippen molar-refractivity contribution in [3.63, 3.8) is 0 Å². The normalized spacial score (nSPS) is 16.4. The number of esters is 1. The number of aromatic nitrogens is 1. The molecule has 2 heterocycles. The van der Waals surface area contributed by atoms with Gasteiger partial charge in [-0.2, -0.15) is 0 Å². The van der Waals surface area contributed by atoms with Gasteiger partial charge in [-0.05, 0) is 39.7 Å². The number of nitro groups is 1. The molecule has 0 saturated carbocycles. The molecule has 1 aromatic heterocycles. The first-order chi connectivity index (χ1) is 10.3. The number of hydrogen-bond donors (Lipinski definition) is 0. The van der Waals surface area contributed by atoms with Crippen LogP contribution in [0.3, 0.4) is 0 Å². The maximum Gasteiger partial charge on any atom is 0.309 e. The summed E-state index contributed by atoms with van der Waals surface area (Å²) in [6, 6.07) is 3.09. The van der Waals surface area contributed by atoms with Crippen molar-refractivity contribution in [3.05, 3.63) is 28.4 Å². The SMILES string of the molecule is CC(C)(C)OC(=O)C1CCN(c2ccc([N+](=O)[O-])cn2)CC1. The minimum absolute atomic E-state index is 0.0209. The lowest BCUT2D eigenvalue weighted by Crippen LogP contribution is -2.39. The lowest BCUT2D eigenvalue weighted by molar-refractivity contribution is -0.385. The number of hydrogen-bond acceptors (Lipinski definition) is 6. The van der Waals surface area contributed by atoms with E-state index in [1.807, 2.05) is 25.7 Å². The summed E-state index contributed by atoms with van der Waals surface area (Å²) >= 11 is 0. The molecule has 0 aliphatic carbocycles. The molecule has 0 unspecified atom stereocenters. The Balaban J connectivity index is 1.91. The van der Waals surface area contributed by atoms with Gasteiger partial charge in [0.2, 0.25) is 0 Å². The van der Waals surface area contributed by atoms with Gasteiger partial charge >= 0.3 is 5.97 Å². The van der Waals surface area contributed by atoms with Crippen molar-refractivity contribution < 1.29 is 14.5 Å². The number of ether oxygens (including phenoxy) is 1. The van der Waals surface area contributed by atoms with E-state index in [0.717, 1.165) is 0 Å². The van der Waals surface area contributed by atoms with E-state index in [1.54, 1.807) is 6.07 Å².